The van der Waals surface area contributed by atoms with Crippen LogP contribution in [0.4, 0.5) is 0 Å². The topological polar surface area (TPSA) is 84.5 Å². The molecule has 0 heterocycles. The molecule has 2 aromatic rings. The number of benzene rings is 2. The highest BCUT2D eigenvalue weighted by molar-refractivity contribution is 7.89. The van der Waals surface area contributed by atoms with Crippen LogP contribution in [0.1, 0.15) is 10.4 Å². The van der Waals surface area contributed by atoms with E-state index in [2.05, 4.69) is 10.0 Å². The largest absolute Gasteiger partial charge is 0.497 e. The average molecular weight is 369 g/mol. The van der Waals surface area contributed by atoms with Crippen molar-refractivity contribution >= 4 is 27.5 Å². The number of carbonyl (C=O) groups is 1. The number of halogens is 1. The van der Waals surface area contributed by atoms with Crippen molar-refractivity contribution in [3.05, 3.63) is 59.1 Å². The third kappa shape index (κ3) is 4.70. The maximum Gasteiger partial charge on any atom is 0.252 e. The first-order valence-electron chi connectivity index (χ1n) is 7.10. The summed E-state index contributed by atoms with van der Waals surface area (Å²) in [6.45, 7) is 0.198. The Kier molecular flexibility index (Phi) is 6.19. The highest BCUT2D eigenvalue weighted by Gasteiger charge is 2.14. The van der Waals surface area contributed by atoms with Gasteiger partial charge in [-0.3, -0.25) is 4.79 Å². The molecular weight excluding hydrogens is 352 g/mol. The fourth-order valence-corrected chi connectivity index (χ4v) is 3.19. The number of nitrogens with one attached hydrogen (secondary N) is 2. The SMILES string of the molecule is COc1ccc(S(=O)(=O)NCCNC(=O)c2ccccc2Cl)cc1. The lowest BCUT2D eigenvalue weighted by atomic mass is 10.2. The molecule has 6 nitrogen and oxygen atoms in total. The number of sulfonamides is 1. The number of rotatable bonds is 7. The summed E-state index contributed by atoms with van der Waals surface area (Å²) in [7, 11) is -2.14. The summed E-state index contributed by atoms with van der Waals surface area (Å²) in [5, 5.41) is 2.95. The van der Waals surface area contributed by atoms with E-state index < -0.39 is 10.0 Å². The van der Waals surface area contributed by atoms with Gasteiger partial charge in [0.15, 0.2) is 0 Å². The summed E-state index contributed by atoms with van der Waals surface area (Å²) < 4.78 is 31.6. The van der Waals surface area contributed by atoms with Crippen LogP contribution < -0.4 is 14.8 Å². The molecule has 0 atom stereocenters. The first-order chi connectivity index (χ1) is 11.4. The van der Waals surface area contributed by atoms with Crippen LogP contribution in [0, 0.1) is 0 Å². The van der Waals surface area contributed by atoms with E-state index in [1.807, 2.05) is 0 Å². The van der Waals surface area contributed by atoms with Crippen molar-refractivity contribution in [2.45, 2.75) is 4.90 Å². The first-order valence-corrected chi connectivity index (χ1v) is 8.96. The molecule has 2 N–H and O–H groups in total. The van der Waals surface area contributed by atoms with E-state index in [1.54, 1.807) is 36.4 Å². The first kappa shape index (κ1) is 18.3. The summed E-state index contributed by atoms with van der Waals surface area (Å²) in [6.07, 6.45) is 0. The van der Waals surface area contributed by atoms with Gasteiger partial charge in [-0.15, -0.1) is 0 Å². The minimum Gasteiger partial charge on any atom is -0.497 e. The average Bonchev–Trinajstić information content (AvgIpc) is 2.59. The fourth-order valence-electron chi connectivity index (χ4n) is 1.94. The summed E-state index contributed by atoms with van der Waals surface area (Å²) in [6, 6.07) is 12.7. The molecule has 8 heteroatoms. The minimum atomic E-state index is -3.64. The number of carbonyl (C=O) groups excluding carboxylic acids is 1. The Morgan fingerprint density at radius 3 is 2.38 bits per heavy atom. The van der Waals surface area contributed by atoms with E-state index in [9.17, 15) is 13.2 Å². The van der Waals surface area contributed by atoms with Gasteiger partial charge >= 0.3 is 0 Å². The van der Waals surface area contributed by atoms with E-state index in [0.717, 1.165) is 0 Å². The molecule has 0 radical (unpaired) electrons. The van der Waals surface area contributed by atoms with Crippen molar-refractivity contribution < 1.29 is 17.9 Å². The minimum absolute atomic E-state index is 0.0601. The van der Waals surface area contributed by atoms with Crippen LogP contribution in [-0.4, -0.2) is 34.5 Å². The standard InChI is InChI=1S/C16H17ClN2O4S/c1-23-12-6-8-13(9-7-12)24(21,22)19-11-10-18-16(20)14-4-2-3-5-15(14)17/h2-9,19H,10-11H2,1H3,(H,18,20). The van der Waals surface area contributed by atoms with Crippen molar-refractivity contribution in [1.29, 1.82) is 0 Å². The molecular formula is C16H17ClN2O4S. The Bertz CT molecular complexity index is 807. The maximum atomic E-state index is 12.1. The highest BCUT2D eigenvalue weighted by atomic mass is 35.5. The molecule has 2 rings (SSSR count). The Balaban J connectivity index is 1.87. The number of hydrogen-bond donors (Lipinski definition) is 2. The van der Waals surface area contributed by atoms with E-state index in [1.165, 1.54) is 19.2 Å². The lowest BCUT2D eigenvalue weighted by Gasteiger charge is -2.09. The lowest BCUT2D eigenvalue weighted by molar-refractivity contribution is 0.0954. The second-order valence-electron chi connectivity index (χ2n) is 4.81. The summed E-state index contributed by atoms with van der Waals surface area (Å²) in [5.74, 6) is 0.213. The van der Waals surface area contributed by atoms with Gasteiger partial charge in [-0.25, -0.2) is 13.1 Å². The third-order valence-corrected chi connectivity index (χ3v) is 5.00. The normalized spacial score (nSPS) is 11.1. The molecule has 0 saturated heterocycles. The van der Waals surface area contributed by atoms with Gasteiger partial charge in [0.05, 0.1) is 22.6 Å². The molecule has 0 spiro atoms. The number of amides is 1. The van der Waals surface area contributed by atoms with Gasteiger partial charge in [-0.2, -0.15) is 0 Å². The Morgan fingerprint density at radius 1 is 1.08 bits per heavy atom. The zero-order valence-corrected chi connectivity index (χ0v) is 14.5. The van der Waals surface area contributed by atoms with Gasteiger partial charge in [0.25, 0.3) is 5.91 Å². The quantitative estimate of drug-likeness (QED) is 0.732. The summed E-state index contributed by atoms with van der Waals surface area (Å²) >= 11 is 5.93. The molecule has 0 saturated carbocycles. The molecule has 24 heavy (non-hydrogen) atoms. The van der Waals surface area contributed by atoms with Crippen LogP contribution in [0.5, 0.6) is 5.75 Å². The van der Waals surface area contributed by atoms with Crippen molar-refractivity contribution in [3.63, 3.8) is 0 Å². The van der Waals surface area contributed by atoms with E-state index in [4.69, 9.17) is 16.3 Å². The van der Waals surface area contributed by atoms with Crippen LogP contribution in [0.15, 0.2) is 53.4 Å². The smallest absolute Gasteiger partial charge is 0.252 e. The molecule has 0 aliphatic heterocycles. The van der Waals surface area contributed by atoms with Gasteiger partial charge in [-0.05, 0) is 36.4 Å². The zero-order chi connectivity index (χ0) is 17.6. The Hall–Kier alpha value is -2.09. The molecule has 0 aliphatic rings. The zero-order valence-electron chi connectivity index (χ0n) is 13.0. The molecule has 0 bridgehead atoms. The van der Waals surface area contributed by atoms with Crippen molar-refractivity contribution in [3.8, 4) is 5.75 Å². The van der Waals surface area contributed by atoms with E-state index in [0.29, 0.717) is 16.3 Å². The summed E-state index contributed by atoms with van der Waals surface area (Å²) in [5.41, 5.74) is 0.345. The van der Waals surface area contributed by atoms with Crippen molar-refractivity contribution in [2.75, 3.05) is 20.2 Å². The number of ether oxygens (including phenoxy) is 1. The predicted molar refractivity (Wildman–Crippen MR) is 92.0 cm³/mol. The molecule has 128 valence electrons. The van der Waals surface area contributed by atoms with Gasteiger partial charge in [0.2, 0.25) is 10.0 Å². The highest BCUT2D eigenvalue weighted by Crippen LogP contribution is 2.15. The molecule has 0 unspecified atom stereocenters. The van der Waals surface area contributed by atoms with Gasteiger partial charge in [0.1, 0.15) is 5.75 Å². The van der Waals surface area contributed by atoms with Crippen LogP contribution in [-0.2, 0) is 10.0 Å². The number of methoxy groups -OCH3 is 1. The van der Waals surface area contributed by atoms with E-state index in [-0.39, 0.29) is 23.9 Å². The maximum absolute atomic E-state index is 12.1. The predicted octanol–water partition coefficient (Wildman–Crippen LogP) is 2.06. The Morgan fingerprint density at radius 2 is 1.75 bits per heavy atom. The summed E-state index contributed by atoms with van der Waals surface area (Å²) in [4.78, 5) is 12.1. The van der Waals surface area contributed by atoms with Gasteiger partial charge in [0, 0.05) is 13.1 Å². The van der Waals surface area contributed by atoms with Gasteiger partial charge in [-0.1, -0.05) is 23.7 Å². The molecule has 0 fully saturated rings. The van der Waals surface area contributed by atoms with Crippen molar-refractivity contribution in [1.82, 2.24) is 10.0 Å². The molecule has 2 aromatic carbocycles. The van der Waals surface area contributed by atoms with Crippen LogP contribution in [0.2, 0.25) is 5.02 Å². The number of hydrogen-bond acceptors (Lipinski definition) is 4. The molecule has 0 aliphatic carbocycles. The second kappa shape index (κ2) is 8.14. The third-order valence-electron chi connectivity index (χ3n) is 3.19. The Labute approximate surface area is 145 Å². The lowest BCUT2D eigenvalue weighted by Crippen LogP contribution is -2.34. The van der Waals surface area contributed by atoms with Crippen LogP contribution in [0.25, 0.3) is 0 Å². The molecule has 1 amide bonds. The van der Waals surface area contributed by atoms with Crippen molar-refractivity contribution in [2.24, 2.45) is 0 Å². The van der Waals surface area contributed by atoms with Crippen LogP contribution >= 0.6 is 11.6 Å². The molecule has 0 aromatic heterocycles. The van der Waals surface area contributed by atoms with Gasteiger partial charge < -0.3 is 10.1 Å². The fraction of sp³-hybridized carbons (Fsp3) is 0.188. The monoisotopic (exact) mass is 368 g/mol. The van der Waals surface area contributed by atoms with Crippen LogP contribution in [0.3, 0.4) is 0 Å². The second-order valence-corrected chi connectivity index (χ2v) is 6.98. The van der Waals surface area contributed by atoms with E-state index >= 15 is 0 Å².